The summed E-state index contributed by atoms with van der Waals surface area (Å²) in [6.07, 6.45) is 0. The highest BCUT2D eigenvalue weighted by Crippen LogP contribution is 2.24. The van der Waals surface area contributed by atoms with Gasteiger partial charge in [0.2, 0.25) is 0 Å². The molecule has 1 aromatic heterocycles. The van der Waals surface area contributed by atoms with Crippen molar-refractivity contribution in [1.29, 1.82) is 0 Å². The van der Waals surface area contributed by atoms with Crippen molar-refractivity contribution >= 4 is 11.6 Å². The zero-order chi connectivity index (χ0) is 12.4. The number of nitrogens with zero attached hydrogens (tertiary/aromatic N) is 4. The largest absolute Gasteiger partial charge is 0.221 e. The lowest BCUT2D eigenvalue weighted by atomic mass is 10.1. The Morgan fingerprint density at radius 2 is 2.00 bits per heavy atom. The third-order valence-electron chi connectivity index (χ3n) is 2.60. The van der Waals surface area contributed by atoms with E-state index in [1.807, 2.05) is 6.92 Å². The van der Waals surface area contributed by atoms with Crippen LogP contribution in [0.4, 0.5) is 4.39 Å². The molecule has 0 bridgehead atoms. The normalized spacial score (nSPS) is 14.6. The molecule has 6 heteroatoms. The van der Waals surface area contributed by atoms with Crippen LogP contribution in [0.15, 0.2) is 24.3 Å². The average molecular weight is 255 g/mol. The Balaban J connectivity index is 2.41. The number of aromatic nitrogens is 4. The zero-order valence-electron chi connectivity index (χ0n) is 9.51. The van der Waals surface area contributed by atoms with Crippen molar-refractivity contribution in [1.82, 2.24) is 20.2 Å². The molecular formula is C11H12ClFN4. The number of rotatable bonds is 3. The summed E-state index contributed by atoms with van der Waals surface area (Å²) < 4.78 is 15.2. The second-order valence-electron chi connectivity index (χ2n) is 3.80. The highest BCUT2D eigenvalue weighted by Gasteiger charge is 2.19. The summed E-state index contributed by atoms with van der Waals surface area (Å²) in [6.45, 7) is 3.61. The van der Waals surface area contributed by atoms with Crippen molar-refractivity contribution in [2.24, 2.45) is 0 Å². The van der Waals surface area contributed by atoms with Crippen molar-refractivity contribution in [3.63, 3.8) is 0 Å². The van der Waals surface area contributed by atoms with Gasteiger partial charge in [-0.2, -0.15) is 0 Å². The minimum Gasteiger partial charge on any atom is -0.221 e. The first-order chi connectivity index (χ1) is 8.11. The number of hydrogen-bond donors (Lipinski definition) is 0. The summed E-state index contributed by atoms with van der Waals surface area (Å²) in [4.78, 5) is 0. The molecule has 0 N–H and O–H groups in total. The van der Waals surface area contributed by atoms with E-state index in [2.05, 4.69) is 15.5 Å². The Labute approximate surface area is 103 Å². The van der Waals surface area contributed by atoms with Crippen LogP contribution in [-0.2, 0) is 0 Å². The van der Waals surface area contributed by atoms with E-state index in [9.17, 15) is 4.39 Å². The zero-order valence-corrected chi connectivity index (χ0v) is 10.3. The molecule has 0 saturated carbocycles. The number of tetrazole rings is 1. The van der Waals surface area contributed by atoms with Crippen molar-refractivity contribution < 1.29 is 4.39 Å². The van der Waals surface area contributed by atoms with Gasteiger partial charge in [-0.15, -0.1) is 16.7 Å². The predicted molar refractivity (Wildman–Crippen MR) is 62.3 cm³/mol. The van der Waals surface area contributed by atoms with E-state index in [-0.39, 0.29) is 17.2 Å². The van der Waals surface area contributed by atoms with Gasteiger partial charge in [0.25, 0.3) is 0 Å². The average Bonchev–Trinajstić information content (AvgIpc) is 2.77. The van der Waals surface area contributed by atoms with Crippen molar-refractivity contribution in [3.05, 3.63) is 41.5 Å². The van der Waals surface area contributed by atoms with E-state index in [0.29, 0.717) is 11.4 Å². The van der Waals surface area contributed by atoms with Gasteiger partial charge in [-0.3, -0.25) is 0 Å². The first-order valence-electron chi connectivity index (χ1n) is 5.27. The molecule has 2 unspecified atom stereocenters. The maximum Gasteiger partial charge on any atom is 0.169 e. The first kappa shape index (κ1) is 12.0. The van der Waals surface area contributed by atoms with Gasteiger partial charge in [0.15, 0.2) is 5.82 Å². The minimum atomic E-state index is -0.320. The SMILES string of the molecule is CC(Cl)c1nnnn1C(C)c1ccccc1F. The molecule has 0 fully saturated rings. The summed E-state index contributed by atoms with van der Waals surface area (Å²) in [6, 6.07) is 6.27. The molecule has 4 nitrogen and oxygen atoms in total. The number of hydrogen-bond acceptors (Lipinski definition) is 3. The van der Waals surface area contributed by atoms with Gasteiger partial charge in [-0.1, -0.05) is 18.2 Å². The third kappa shape index (κ3) is 2.29. The van der Waals surface area contributed by atoms with Crippen molar-refractivity contribution in [3.8, 4) is 0 Å². The van der Waals surface area contributed by atoms with E-state index in [0.717, 1.165) is 0 Å². The standard InChI is InChI=1S/C11H12ClFN4/c1-7(12)11-14-15-16-17(11)8(2)9-5-3-4-6-10(9)13/h3-8H,1-2H3. The molecule has 0 spiro atoms. The molecule has 2 rings (SSSR count). The van der Waals surface area contributed by atoms with Gasteiger partial charge in [0, 0.05) is 5.56 Å². The molecule has 90 valence electrons. The third-order valence-corrected chi connectivity index (χ3v) is 2.79. The summed E-state index contributed by atoms with van der Waals surface area (Å²) in [7, 11) is 0. The van der Waals surface area contributed by atoms with Gasteiger partial charge in [0.1, 0.15) is 5.82 Å². The number of benzene rings is 1. The van der Waals surface area contributed by atoms with Gasteiger partial charge in [-0.25, -0.2) is 9.07 Å². The maximum atomic E-state index is 13.6. The molecule has 0 aliphatic heterocycles. The fraction of sp³-hybridized carbons (Fsp3) is 0.364. The molecule has 0 saturated heterocycles. The Morgan fingerprint density at radius 1 is 1.29 bits per heavy atom. The molecule has 0 aliphatic carbocycles. The molecule has 1 heterocycles. The van der Waals surface area contributed by atoms with Gasteiger partial charge < -0.3 is 0 Å². The van der Waals surface area contributed by atoms with E-state index in [4.69, 9.17) is 11.6 Å². The van der Waals surface area contributed by atoms with Crippen LogP contribution in [-0.4, -0.2) is 20.2 Å². The molecule has 1 aromatic carbocycles. The smallest absolute Gasteiger partial charge is 0.169 e. The molecule has 0 radical (unpaired) electrons. The van der Waals surface area contributed by atoms with Crippen LogP contribution in [0.1, 0.15) is 36.7 Å². The summed E-state index contributed by atoms with van der Waals surface area (Å²) in [5, 5.41) is 11.0. The Morgan fingerprint density at radius 3 is 2.65 bits per heavy atom. The van der Waals surface area contributed by atoms with Crippen LogP contribution in [0.2, 0.25) is 0 Å². The summed E-state index contributed by atoms with van der Waals surface area (Å²) >= 11 is 5.96. The Hall–Kier alpha value is -1.49. The highest BCUT2D eigenvalue weighted by molar-refractivity contribution is 6.20. The second-order valence-corrected chi connectivity index (χ2v) is 4.45. The lowest BCUT2D eigenvalue weighted by Crippen LogP contribution is -2.14. The van der Waals surface area contributed by atoms with Crippen LogP contribution >= 0.6 is 11.6 Å². The fourth-order valence-electron chi connectivity index (χ4n) is 1.68. The maximum absolute atomic E-state index is 13.6. The van der Waals surface area contributed by atoms with Crippen LogP contribution < -0.4 is 0 Å². The molecule has 17 heavy (non-hydrogen) atoms. The van der Waals surface area contributed by atoms with Crippen molar-refractivity contribution in [2.45, 2.75) is 25.3 Å². The predicted octanol–water partition coefficient (Wildman–Crippen LogP) is 2.72. The van der Waals surface area contributed by atoms with E-state index in [1.54, 1.807) is 25.1 Å². The molecule has 2 atom stereocenters. The minimum absolute atomic E-state index is 0.274. The molecule has 2 aromatic rings. The number of alkyl halides is 1. The first-order valence-corrected chi connectivity index (χ1v) is 5.71. The quantitative estimate of drug-likeness (QED) is 0.791. The van der Waals surface area contributed by atoms with Crippen LogP contribution in [0.25, 0.3) is 0 Å². The second kappa shape index (κ2) is 4.79. The Bertz CT molecular complexity index is 512. The van der Waals surface area contributed by atoms with Gasteiger partial charge in [-0.05, 0) is 30.3 Å². The summed E-state index contributed by atoms with van der Waals surface area (Å²) in [5.41, 5.74) is 0.540. The van der Waals surface area contributed by atoms with E-state index < -0.39 is 0 Å². The molecule has 0 amide bonds. The summed E-state index contributed by atoms with van der Waals surface area (Å²) in [5.74, 6) is 0.256. The molecule has 0 aliphatic rings. The van der Waals surface area contributed by atoms with E-state index in [1.165, 1.54) is 10.7 Å². The monoisotopic (exact) mass is 254 g/mol. The number of halogens is 2. The molecular weight excluding hydrogens is 243 g/mol. The van der Waals surface area contributed by atoms with Crippen LogP contribution in [0, 0.1) is 5.82 Å². The Kier molecular flexibility index (Phi) is 3.38. The van der Waals surface area contributed by atoms with Crippen LogP contribution in [0.5, 0.6) is 0 Å². The topological polar surface area (TPSA) is 43.6 Å². The van der Waals surface area contributed by atoms with E-state index >= 15 is 0 Å². The van der Waals surface area contributed by atoms with Gasteiger partial charge in [0.05, 0.1) is 11.4 Å². The fourth-order valence-corrected chi connectivity index (χ4v) is 1.83. The van der Waals surface area contributed by atoms with Gasteiger partial charge >= 0.3 is 0 Å². The lowest BCUT2D eigenvalue weighted by molar-refractivity contribution is 0.492. The van der Waals surface area contributed by atoms with Crippen molar-refractivity contribution in [2.75, 3.05) is 0 Å². The van der Waals surface area contributed by atoms with Crippen LogP contribution in [0.3, 0.4) is 0 Å². The highest BCUT2D eigenvalue weighted by atomic mass is 35.5. The lowest BCUT2D eigenvalue weighted by Gasteiger charge is -2.15.